The van der Waals surface area contributed by atoms with Crippen LogP contribution in [0.4, 0.5) is 5.69 Å². The molecule has 8 heteroatoms. The predicted octanol–water partition coefficient (Wildman–Crippen LogP) is 3.74. The van der Waals surface area contributed by atoms with E-state index in [1.165, 1.54) is 18.3 Å². The number of aryl methyl sites for hydroxylation is 1. The molecule has 166 valence electrons. The van der Waals surface area contributed by atoms with Crippen LogP contribution in [-0.2, 0) is 14.8 Å². The van der Waals surface area contributed by atoms with Crippen molar-refractivity contribution in [2.45, 2.75) is 18.7 Å². The molecule has 0 aliphatic carbocycles. The van der Waals surface area contributed by atoms with Gasteiger partial charge in [0.05, 0.1) is 23.4 Å². The number of hydrazone groups is 1. The molecule has 0 fully saturated rings. The molecule has 0 bridgehead atoms. The molecular weight excluding hydrogens is 426 g/mol. The monoisotopic (exact) mass is 451 g/mol. The van der Waals surface area contributed by atoms with Gasteiger partial charge < -0.3 is 4.74 Å². The van der Waals surface area contributed by atoms with Crippen molar-refractivity contribution in [2.24, 2.45) is 5.10 Å². The van der Waals surface area contributed by atoms with E-state index in [1.807, 2.05) is 13.8 Å². The number of carbonyl (C=O) groups is 1. The van der Waals surface area contributed by atoms with Crippen LogP contribution in [0.2, 0.25) is 0 Å². The summed E-state index contributed by atoms with van der Waals surface area (Å²) in [5.74, 6) is 0.181. The number of ether oxygens (including phenoxy) is 1. The fourth-order valence-corrected chi connectivity index (χ4v) is 4.33. The van der Waals surface area contributed by atoms with Gasteiger partial charge in [-0.1, -0.05) is 35.9 Å². The number of nitrogens with zero attached hydrogens (tertiary/aromatic N) is 2. The van der Waals surface area contributed by atoms with Crippen LogP contribution < -0.4 is 14.5 Å². The first-order valence-electron chi connectivity index (χ1n) is 10.1. The quantitative estimate of drug-likeness (QED) is 0.397. The molecule has 0 aliphatic heterocycles. The first kappa shape index (κ1) is 23.0. The highest BCUT2D eigenvalue weighted by Gasteiger charge is 2.27. The fourth-order valence-electron chi connectivity index (χ4n) is 2.91. The van der Waals surface area contributed by atoms with E-state index in [0.29, 0.717) is 12.3 Å². The van der Waals surface area contributed by atoms with Gasteiger partial charge in [0, 0.05) is 0 Å². The molecule has 0 radical (unpaired) electrons. The number of benzene rings is 3. The number of para-hydroxylation sites is 1. The molecular formula is C24H25N3O4S. The lowest BCUT2D eigenvalue weighted by Gasteiger charge is -2.23. The molecule has 0 unspecified atom stereocenters. The summed E-state index contributed by atoms with van der Waals surface area (Å²) in [6.07, 6.45) is 1.48. The summed E-state index contributed by atoms with van der Waals surface area (Å²) in [4.78, 5) is 12.6. The highest BCUT2D eigenvalue weighted by atomic mass is 32.2. The molecule has 0 saturated carbocycles. The third-order valence-electron chi connectivity index (χ3n) is 4.53. The second-order valence-corrected chi connectivity index (χ2v) is 8.82. The van der Waals surface area contributed by atoms with Crippen LogP contribution in [0.5, 0.6) is 5.75 Å². The number of sulfonamides is 1. The summed E-state index contributed by atoms with van der Waals surface area (Å²) in [6, 6.07) is 22.2. The Hall–Kier alpha value is -3.65. The molecule has 1 N–H and O–H groups in total. The Labute approximate surface area is 188 Å². The average molecular weight is 452 g/mol. The highest BCUT2D eigenvalue weighted by molar-refractivity contribution is 7.92. The molecule has 0 atom stereocenters. The smallest absolute Gasteiger partial charge is 0.264 e. The maximum atomic E-state index is 13.3. The maximum absolute atomic E-state index is 13.3. The molecule has 0 heterocycles. The first-order valence-corrected chi connectivity index (χ1v) is 11.5. The molecule has 0 saturated heterocycles. The van der Waals surface area contributed by atoms with E-state index < -0.39 is 22.5 Å². The van der Waals surface area contributed by atoms with Gasteiger partial charge in [0.15, 0.2) is 0 Å². The van der Waals surface area contributed by atoms with Crippen molar-refractivity contribution in [1.82, 2.24) is 5.43 Å². The minimum atomic E-state index is -3.95. The molecule has 0 spiro atoms. The molecule has 1 amide bonds. The minimum absolute atomic E-state index is 0.109. The Morgan fingerprint density at radius 1 is 1.00 bits per heavy atom. The van der Waals surface area contributed by atoms with Crippen LogP contribution in [0.15, 0.2) is 88.9 Å². The van der Waals surface area contributed by atoms with Crippen molar-refractivity contribution in [3.63, 3.8) is 0 Å². The Morgan fingerprint density at radius 2 is 1.66 bits per heavy atom. The highest BCUT2D eigenvalue weighted by Crippen LogP contribution is 2.23. The third kappa shape index (κ3) is 5.95. The van der Waals surface area contributed by atoms with E-state index in [9.17, 15) is 13.2 Å². The van der Waals surface area contributed by atoms with Crippen molar-refractivity contribution in [3.8, 4) is 5.75 Å². The lowest BCUT2D eigenvalue weighted by Crippen LogP contribution is -2.39. The fraction of sp³-hybridized carbons (Fsp3) is 0.167. The van der Waals surface area contributed by atoms with Crippen LogP contribution >= 0.6 is 0 Å². The summed E-state index contributed by atoms with van der Waals surface area (Å²) >= 11 is 0. The van der Waals surface area contributed by atoms with E-state index in [-0.39, 0.29) is 4.90 Å². The second-order valence-electron chi connectivity index (χ2n) is 6.96. The number of nitrogens with one attached hydrogen (secondary N) is 1. The minimum Gasteiger partial charge on any atom is -0.494 e. The Kier molecular flexibility index (Phi) is 7.62. The molecule has 0 aromatic heterocycles. The summed E-state index contributed by atoms with van der Waals surface area (Å²) in [7, 11) is -3.95. The second kappa shape index (κ2) is 10.6. The van der Waals surface area contributed by atoms with Gasteiger partial charge in [0.2, 0.25) is 0 Å². The first-order chi connectivity index (χ1) is 15.4. The van der Waals surface area contributed by atoms with Crippen LogP contribution in [0, 0.1) is 6.92 Å². The van der Waals surface area contributed by atoms with E-state index in [4.69, 9.17) is 4.74 Å². The van der Waals surface area contributed by atoms with Crippen LogP contribution in [-0.4, -0.2) is 33.7 Å². The zero-order valence-corrected chi connectivity index (χ0v) is 18.7. The van der Waals surface area contributed by atoms with Gasteiger partial charge in [-0.05, 0) is 67.9 Å². The Balaban J connectivity index is 1.75. The molecule has 32 heavy (non-hydrogen) atoms. The SMILES string of the molecule is CCOc1ccc(/C=N\NC(=O)CN(c2ccccc2)S(=O)(=O)c2ccc(C)cc2)cc1. The zero-order chi connectivity index (χ0) is 23.0. The average Bonchev–Trinajstić information content (AvgIpc) is 2.79. The van der Waals surface area contributed by atoms with E-state index >= 15 is 0 Å². The lowest BCUT2D eigenvalue weighted by molar-refractivity contribution is -0.119. The van der Waals surface area contributed by atoms with Gasteiger partial charge in [0.1, 0.15) is 12.3 Å². The number of anilines is 1. The van der Waals surface area contributed by atoms with Gasteiger partial charge in [-0.2, -0.15) is 5.10 Å². The topological polar surface area (TPSA) is 88.1 Å². The van der Waals surface area contributed by atoms with Crippen LogP contribution in [0.3, 0.4) is 0 Å². The van der Waals surface area contributed by atoms with Gasteiger partial charge in [-0.25, -0.2) is 13.8 Å². The van der Waals surface area contributed by atoms with Crippen LogP contribution in [0.25, 0.3) is 0 Å². The largest absolute Gasteiger partial charge is 0.494 e. The molecule has 0 aliphatic rings. The van der Waals surface area contributed by atoms with E-state index in [0.717, 1.165) is 21.2 Å². The number of carbonyl (C=O) groups excluding carboxylic acids is 1. The van der Waals surface area contributed by atoms with Gasteiger partial charge in [-0.15, -0.1) is 0 Å². The van der Waals surface area contributed by atoms with Crippen molar-refractivity contribution < 1.29 is 17.9 Å². The Morgan fingerprint density at radius 3 is 2.28 bits per heavy atom. The Bertz CT molecular complexity index is 1160. The number of hydrogen-bond donors (Lipinski definition) is 1. The predicted molar refractivity (Wildman–Crippen MR) is 126 cm³/mol. The molecule has 3 rings (SSSR count). The van der Waals surface area contributed by atoms with Crippen molar-refractivity contribution in [1.29, 1.82) is 0 Å². The van der Waals surface area contributed by atoms with Gasteiger partial charge in [-0.3, -0.25) is 9.10 Å². The van der Waals surface area contributed by atoms with Crippen molar-refractivity contribution in [2.75, 3.05) is 17.5 Å². The van der Waals surface area contributed by atoms with Crippen molar-refractivity contribution in [3.05, 3.63) is 90.0 Å². The summed E-state index contributed by atoms with van der Waals surface area (Å²) in [5.41, 5.74) is 4.49. The zero-order valence-electron chi connectivity index (χ0n) is 17.9. The third-order valence-corrected chi connectivity index (χ3v) is 6.32. The van der Waals surface area contributed by atoms with E-state index in [1.54, 1.807) is 66.7 Å². The summed E-state index contributed by atoms with van der Waals surface area (Å²) in [5, 5.41) is 3.94. The number of rotatable bonds is 9. The lowest BCUT2D eigenvalue weighted by atomic mass is 10.2. The molecule has 7 nitrogen and oxygen atoms in total. The molecule has 3 aromatic rings. The standard InChI is InChI=1S/C24H25N3O4S/c1-3-31-22-13-11-20(12-14-22)17-25-26-24(28)18-27(21-7-5-4-6-8-21)32(29,30)23-15-9-19(2)10-16-23/h4-17H,3,18H2,1-2H3,(H,26,28)/b25-17-. The van der Waals surface area contributed by atoms with Crippen LogP contribution in [0.1, 0.15) is 18.1 Å². The van der Waals surface area contributed by atoms with Crippen molar-refractivity contribution >= 4 is 27.8 Å². The summed E-state index contributed by atoms with van der Waals surface area (Å²) in [6.45, 7) is 3.94. The number of hydrogen-bond acceptors (Lipinski definition) is 5. The summed E-state index contributed by atoms with van der Waals surface area (Å²) < 4.78 is 33.0. The normalized spacial score (nSPS) is 11.3. The van der Waals surface area contributed by atoms with E-state index in [2.05, 4.69) is 10.5 Å². The van der Waals surface area contributed by atoms with Gasteiger partial charge in [0.25, 0.3) is 15.9 Å². The number of amides is 1. The van der Waals surface area contributed by atoms with Gasteiger partial charge >= 0.3 is 0 Å². The molecule has 3 aromatic carbocycles. The maximum Gasteiger partial charge on any atom is 0.264 e.